The highest BCUT2D eigenvalue weighted by Gasteiger charge is 2.19. The van der Waals surface area contributed by atoms with Gasteiger partial charge < -0.3 is 14.2 Å². The van der Waals surface area contributed by atoms with Crippen LogP contribution in [0.15, 0.2) is 194 Å². The molecule has 0 heterocycles. The summed E-state index contributed by atoms with van der Waals surface area (Å²) in [6.07, 6.45) is 102. The van der Waals surface area contributed by atoms with Gasteiger partial charge in [-0.25, -0.2) is 0 Å². The van der Waals surface area contributed by atoms with E-state index in [1.54, 1.807) is 0 Å². The van der Waals surface area contributed by atoms with Crippen LogP contribution in [0.25, 0.3) is 0 Å². The summed E-state index contributed by atoms with van der Waals surface area (Å²) in [5.41, 5.74) is 0. The Morgan fingerprint density at radius 3 is 0.864 bits per heavy atom. The average molecular weight is 1110 g/mol. The molecule has 6 nitrogen and oxygen atoms in total. The van der Waals surface area contributed by atoms with Gasteiger partial charge >= 0.3 is 17.9 Å². The van der Waals surface area contributed by atoms with Crippen LogP contribution in [0.3, 0.4) is 0 Å². The Morgan fingerprint density at radius 2 is 0.519 bits per heavy atom. The van der Waals surface area contributed by atoms with Crippen LogP contribution in [-0.2, 0) is 28.6 Å². The molecule has 1 atom stereocenters. The fourth-order valence-electron chi connectivity index (χ4n) is 7.87. The minimum atomic E-state index is -0.851. The number of carbonyl (C=O) groups excluding carboxylic acids is 3. The van der Waals surface area contributed by atoms with Crippen LogP contribution < -0.4 is 0 Å². The Kier molecular flexibility index (Phi) is 62.0. The minimum Gasteiger partial charge on any atom is -0.462 e. The third-order valence-electron chi connectivity index (χ3n) is 12.6. The lowest BCUT2D eigenvalue weighted by atomic mass is 10.1. The van der Waals surface area contributed by atoms with Crippen LogP contribution in [0.5, 0.6) is 0 Å². The summed E-state index contributed by atoms with van der Waals surface area (Å²) in [7, 11) is 0. The van der Waals surface area contributed by atoms with Crippen molar-refractivity contribution in [1.29, 1.82) is 0 Å². The van der Waals surface area contributed by atoms with Crippen molar-refractivity contribution in [2.75, 3.05) is 13.2 Å². The molecule has 0 aromatic carbocycles. The molecule has 0 radical (unpaired) electrons. The minimum absolute atomic E-state index is 0.146. The average Bonchev–Trinajstić information content (AvgIpc) is 3.46. The van der Waals surface area contributed by atoms with Gasteiger partial charge in [-0.3, -0.25) is 14.4 Å². The molecule has 0 aliphatic heterocycles. The van der Waals surface area contributed by atoms with Gasteiger partial charge in [-0.1, -0.05) is 267 Å². The summed E-state index contributed by atoms with van der Waals surface area (Å²) in [4.78, 5) is 38.2. The van der Waals surface area contributed by atoms with E-state index < -0.39 is 6.10 Å². The smallest absolute Gasteiger partial charge is 0.306 e. The van der Waals surface area contributed by atoms with Gasteiger partial charge in [0.15, 0.2) is 6.10 Å². The molecule has 450 valence electrons. The molecule has 0 aliphatic carbocycles. The van der Waals surface area contributed by atoms with E-state index in [0.717, 1.165) is 135 Å². The number of hydrogen-bond donors (Lipinski definition) is 0. The fourth-order valence-corrected chi connectivity index (χ4v) is 7.87. The van der Waals surface area contributed by atoms with E-state index in [1.165, 1.54) is 51.4 Å². The predicted octanol–water partition coefficient (Wildman–Crippen LogP) is 22.2. The third kappa shape index (κ3) is 64.9. The molecule has 0 saturated carbocycles. The quantitative estimate of drug-likeness (QED) is 0.0261. The second kappa shape index (κ2) is 66.8. The molecule has 0 spiro atoms. The van der Waals surface area contributed by atoms with Crippen LogP contribution >= 0.6 is 0 Å². The second-order valence-electron chi connectivity index (χ2n) is 20.2. The van der Waals surface area contributed by atoms with Gasteiger partial charge in [-0.15, -0.1) is 0 Å². The summed E-state index contributed by atoms with van der Waals surface area (Å²) in [5.74, 6) is -1.11. The molecule has 0 rings (SSSR count). The van der Waals surface area contributed by atoms with Gasteiger partial charge in [0.1, 0.15) is 13.2 Å². The van der Waals surface area contributed by atoms with E-state index in [1.807, 2.05) is 12.2 Å². The first-order chi connectivity index (χ1) is 40.0. The molecule has 1 unspecified atom stereocenters. The topological polar surface area (TPSA) is 78.9 Å². The normalized spacial score (nSPS) is 13.5. The van der Waals surface area contributed by atoms with Crippen molar-refractivity contribution >= 4 is 17.9 Å². The van der Waals surface area contributed by atoms with Crippen LogP contribution in [0, 0.1) is 0 Å². The Morgan fingerprint density at radius 1 is 0.259 bits per heavy atom. The highest BCUT2D eigenvalue weighted by Crippen LogP contribution is 2.12. The predicted molar refractivity (Wildman–Crippen MR) is 352 cm³/mol. The van der Waals surface area contributed by atoms with Crippen molar-refractivity contribution in [3.05, 3.63) is 194 Å². The van der Waals surface area contributed by atoms with Crippen molar-refractivity contribution in [3.8, 4) is 0 Å². The molecule has 0 aromatic heterocycles. The van der Waals surface area contributed by atoms with Crippen LogP contribution in [0.2, 0.25) is 0 Å². The summed E-state index contributed by atoms with van der Waals surface area (Å²) >= 11 is 0. The molecule has 6 heteroatoms. The van der Waals surface area contributed by atoms with Crippen LogP contribution in [-0.4, -0.2) is 37.2 Å². The molecule has 0 amide bonds. The van der Waals surface area contributed by atoms with E-state index in [-0.39, 0.29) is 50.4 Å². The highest BCUT2D eigenvalue weighted by atomic mass is 16.6. The van der Waals surface area contributed by atoms with E-state index >= 15 is 0 Å². The number of unbranched alkanes of at least 4 members (excludes halogenated alkanes) is 12. The Balaban J connectivity index is 4.54. The molecule has 0 bridgehead atoms. The molecule has 0 aromatic rings. The standard InChI is InChI=1S/C75H114O6/c1-4-7-10-13-16-19-22-25-27-29-31-33-34-35-36-37-38-39-40-42-43-45-47-50-53-56-59-62-65-68-74(77)80-71-72(70-79-73(76)67-64-61-58-55-52-49-24-21-18-15-12-9-6-3)81-75(78)69-66-63-60-57-54-51-48-46-44-41-32-30-28-26-23-20-17-14-11-8-5-2/h7,9-10,12,16,18-19,21,23,25-27,30-33,35-36,38-39,42-44,46-47,49-50,52,56,58-59,61,72H,4-6,8,11,13-15,17,20,22,24,28-29,34,37,40-41,45,48,51,53-55,57,60,62-71H2,1-3H3/b10-7-,12-9-,19-16-,21-18-,26-23-,27-25-,32-30-,33-31-,36-35-,39-38-,43-42-,46-44-,50-47-,52-49-,59-56-,61-58-. The SMILES string of the molecule is CC/C=C\C/C=C\C/C=C\C/C=C\C/C=C\C/C=C\C/C=C\C/C=C\C/C=C\CCCC(=O)OCC(COC(=O)CC/C=C\C/C=C\C/C=C\C/C=C\CC)OC(=O)CCCCCCCC/C=C\C/C=C\C/C=C\CCCCCCC. The number of rotatable bonds is 55. The van der Waals surface area contributed by atoms with Crippen molar-refractivity contribution in [3.63, 3.8) is 0 Å². The lowest BCUT2D eigenvalue weighted by Gasteiger charge is -2.18. The molecule has 0 N–H and O–H groups in total. The largest absolute Gasteiger partial charge is 0.462 e. The van der Waals surface area contributed by atoms with E-state index in [0.29, 0.717) is 12.8 Å². The highest BCUT2D eigenvalue weighted by molar-refractivity contribution is 5.71. The Labute approximate surface area is 497 Å². The number of ether oxygens (including phenoxy) is 3. The zero-order valence-corrected chi connectivity index (χ0v) is 51.5. The first-order valence-corrected chi connectivity index (χ1v) is 31.9. The molecule has 0 aliphatic rings. The fraction of sp³-hybridized carbons (Fsp3) is 0.533. The van der Waals surface area contributed by atoms with Gasteiger partial charge in [0.05, 0.1) is 0 Å². The van der Waals surface area contributed by atoms with E-state index in [9.17, 15) is 14.4 Å². The number of esters is 3. The van der Waals surface area contributed by atoms with Crippen molar-refractivity contribution < 1.29 is 28.6 Å². The maximum Gasteiger partial charge on any atom is 0.306 e. The summed E-state index contributed by atoms with van der Waals surface area (Å²) < 4.78 is 16.8. The molecular formula is C75H114O6. The monoisotopic (exact) mass is 1110 g/mol. The first kappa shape index (κ1) is 75.2. The lowest BCUT2D eigenvalue weighted by molar-refractivity contribution is -0.166. The van der Waals surface area contributed by atoms with Crippen LogP contribution in [0.1, 0.15) is 239 Å². The number of allylic oxidation sites excluding steroid dienone is 32. The van der Waals surface area contributed by atoms with E-state index in [2.05, 4.69) is 203 Å². The van der Waals surface area contributed by atoms with E-state index in [4.69, 9.17) is 14.2 Å². The van der Waals surface area contributed by atoms with Crippen molar-refractivity contribution in [1.82, 2.24) is 0 Å². The van der Waals surface area contributed by atoms with Gasteiger partial charge in [0, 0.05) is 19.3 Å². The van der Waals surface area contributed by atoms with Gasteiger partial charge in [0.25, 0.3) is 0 Å². The number of hydrogen-bond acceptors (Lipinski definition) is 6. The molecule has 0 fully saturated rings. The first-order valence-electron chi connectivity index (χ1n) is 31.9. The summed E-state index contributed by atoms with van der Waals surface area (Å²) in [6.45, 7) is 6.26. The molecule has 0 saturated heterocycles. The van der Waals surface area contributed by atoms with Crippen molar-refractivity contribution in [2.45, 2.75) is 245 Å². The summed E-state index contributed by atoms with van der Waals surface area (Å²) in [5, 5.41) is 0. The van der Waals surface area contributed by atoms with Crippen LogP contribution in [0.4, 0.5) is 0 Å². The second-order valence-corrected chi connectivity index (χ2v) is 20.2. The summed E-state index contributed by atoms with van der Waals surface area (Å²) in [6, 6.07) is 0. The molecule has 81 heavy (non-hydrogen) atoms. The number of carbonyl (C=O) groups is 3. The zero-order valence-electron chi connectivity index (χ0n) is 51.5. The Bertz CT molecular complexity index is 1950. The molecular weight excluding hydrogens is 997 g/mol. The van der Waals surface area contributed by atoms with Gasteiger partial charge in [-0.2, -0.15) is 0 Å². The van der Waals surface area contributed by atoms with Crippen molar-refractivity contribution in [2.24, 2.45) is 0 Å². The van der Waals surface area contributed by atoms with Gasteiger partial charge in [-0.05, 0) is 148 Å². The lowest BCUT2D eigenvalue weighted by Crippen LogP contribution is -2.30. The maximum absolute atomic E-state index is 12.9. The van der Waals surface area contributed by atoms with Gasteiger partial charge in [0.2, 0.25) is 0 Å². The Hall–Kier alpha value is -5.75. The maximum atomic E-state index is 12.9. The zero-order chi connectivity index (χ0) is 58.5. The third-order valence-corrected chi connectivity index (χ3v) is 12.6.